The Hall–Kier alpha value is -1.14. The van der Waals surface area contributed by atoms with Gasteiger partial charge in [0.25, 0.3) is 0 Å². The third kappa shape index (κ3) is 2.58. The Kier molecular flexibility index (Phi) is 3.63. The fourth-order valence-electron chi connectivity index (χ4n) is 1.81. The summed E-state index contributed by atoms with van der Waals surface area (Å²) < 4.78 is 0. The maximum Gasteiger partial charge on any atom is 0.339 e. The maximum absolute atomic E-state index is 10.9. The van der Waals surface area contributed by atoms with Crippen molar-refractivity contribution in [1.82, 2.24) is 14.9 Å². The van der Waals surface area contributed by atoms with Crippen LogP contribution in [0.3, 0.4) is 0 Å². The van der Waals surface area contributed by atoms with Crippen molar-refractivity contribution in [2.45, 2.75) is 13.0 Å². The zero-order valence-corrected chi connectivity index (χ0v) is 10.7. The van der Waals surface area contributed by atoms with Gasteiger partial charge in [0.15, 0.2) is 0 Å². The van der Waals surface area contributed by atoms with Gasteiger partial charge < -0.3 is 5.11 Å². The molecule has 1 fully saturated rings. The SMILES string of the molecule is Cc1nc(C2CSCCN2C)ncc1C(=O)O. The van der Waals surface area contributed by atoms with Gasteiger partial charge in [-0.05, 0) is 14.0 Å². The number of carbonyl (C=O) groups is 1. The molecular weight excluding hydrogens is 238 g/mol. The van der Waals surface area contributed by atoms with Crippen molar-refractivity contribution in [3.05, 3.63) is 23.3 Å². The van der Waals surface area contributed by atoms with E-state index in [-0.39, 0.29) is 11.6 Å². The van der Waals surface area contributed by atoms with Crippen molar-refractivity contribution in [3.63, 3.8) is 0 Å². The van der Waals surface area contributed by atoms with Crippen LogP contribution in [0.5, 0.6) is 0 Å². The molecule has 6 heteroatoms. The topological polar surface area (TPSA) is 66.3 Å². The minimum atomic E-state index is -0.972. The normalized spacial score (nSPS) is 21.4. The number of hydrogen-bond donors (Lipinski definition) is 1. The molecular formula is C11H15N3O2S. The minimum Gasteiger partial charge on any atom is -0.478 e. The molecule has 2 heterocycles. The van der Waals surface area contributed by atoms with Gasteiger partial charge in [-0.2, -0.15) is 11.8 Å². The van der Waals surface area contributed by atoms with Gasteiger partial charge in [-0.25, -0.2) is 14.8 Å². The van der Waals surface area contributed by atoms with Gasteiger partial charge in [-0.1, -0.05) is 0 Å². The second-order valence-electron chi connectivity index (χ2n) is 4.10. The number of nitrogens with zero attached hydrogens (tertiary/aromatic N) is 3. The standard InChI is InChI=1S/C11H15N3O2S/c1-7-8(11(15)16)5-12-10(13-7)9-6-17-4-3-14(9)2/h5,9H,3-4,6H2,1-2H3,(H,15,16). The third-order valence-electron chi connectivity index (χ3n) is 2.92. The van der Waals surface area contributed by atoms with Crippen molar-refractivity contribution in [1.29, 1.82) is 0 Å². The molecule has 0 radical (unpaired) electrons. The molecule has 2 rings (SSSR count). The second-order valence-corrected chi connectivity index (χ2v) is 5.25. The van der Waals surface area contributed by atoms with Crippen molar-refractivity contribution in [3.8, 4) is 0 Å². The molecule has 0 saturated carbocycles. The van der Waals surface area contributed by atoms with Crippen molar-refractivity contribution in [2.24, 2.45) is 0 Å². The summed E-state index contributed by atoms with van der Waals surface area (Å²) in [4.78, 5) is 21.6. The zero-order valence-electron chi connectivity index (χ0n) is 9.88. The van der Waals surface area contributed by atoms with Crippen LogP contribution < -0.4 is 0 Å². The summed E-state index contributed by atoms with van der Waals surface area (Å²) in [7, 11) is 2.05. The van der Waals surface area contributed by atoms with Crippen molar-refractivity contribution >= 4 is 17.7 Å². The predicted molar refractivity (Wildman–Crippen MR) is 66.4 cm³/mol. The average Bonchev–Trinajstić information content (AvgIpc) is 2.29. The lowest BCUT2D eigenvalue weighted by Gasteiger charge is -2.30. The fourth-order valence-corrected chi connectivity index (χ4v) is 3.02. The number of thioether (sulfide) groups is 1. The van der Waals surface area contributed by atoms with E-state index in [2.05, 4.69) is 14.9 Å². The lowest BCUT2D eigenvalue weighted by Crippen LogP contribution is -2.34. The van der Waals surface area contributed by atoms with Crippen LogP contribution in [0, 0.1) is 6.92 Å². The third-order valence-corrected chi connectivity index (χ3v) is 3.95. The van der Waals surface area contributed by atoms with Crippen LogP contribution in [0.1, 0.15) is 27.9 Å². The first-order valence-electron chi connectivity index (χ1n) is 5.44. The molecule has 0 aromatic carbocycles. The van der Waals surface area contributed by atoms with Gasteiger partial charge in [0, 0.05) is 24.2 Å². The number of aromatic carboxylic acids is 1. The molecule has 1 aromatic heterocycles. The smallest absolute Gasteiger partial charge is 0.339 e. The molecule has 1 atom stereocenters. The molecule has 1 aromatic rings. The fraction of sp³-hybridized carbons (Fsp3) is 0.545. The quantitative estimate of drug-likeness (QED) is 0.854. The summed E-state index contributed by atoms with van der Waals surface area (Å²) in [5.74, 6) is 1.84. The van der Waals surface area contributed by atoms with Crippen LogP contribution in [-0.2, 0) is 0 Å². The van der Waals surface area contributed by atoms with E-state index < -0.39 is 5.97 Å². The molecule has 1 aliphatic rings. The molecule has 17 heavy (non-hydrogen) atoms. The molecule has 5 nitrogen and oxygen atoms in total. The van der Waals surface area contributed by atoms with Crippen molar-refractivity contribution in [2.75, 3.05) is 25.1 Å². The van der Waals surface area contributed by atoms with Gasteiger partial charge in [-0.15, -0.1) is 0 Å². The van der Waals surface area contributed by atoms with Gasteiger partial charge in [0.05, 0.1) is 17.3 Å². The lowest BCUT2D eigenvalue weighted by molar-refractivity contribution is 0.0695. The van der Waals surface area contributed by atoms with E-state index in [1.807, 2.05) is 18.8 Å². The Morgan fingerprint density at radius 1 is 1.65 bits per heavy atom. The lowest BCUT2D eigenvalue weighted by atomic mass is 10.2. The highest BCUT2D eigenvalue weighted by Gasteiger charge is 2.24. The van der Waals surface area contributed by atoms with Gasteiger partial charge in [0.1, 0.15) is 5.82 Å². The van der Waals surface area contributed by atoms with E-state index in [0.29, 0.717) is 5.69 Å². The molecule has 0 spiro atoms. The first kappa shape index (κ1) is 12.3. The van der Waals surface area contributed by atoms with E-state index >= 15 is 0 Å². The predicted octanol–water partition coefficient (Wildman–Crippen LogP) is 1.20. The Balaban J connectivity index is 2.27. The van der Waals surface area contributed by atoms with Gasteiger partial charge >= 0.3 is 5.97 Å². The van der Waals surface area contributed by atoms with E-state index in [9.17, 15) is 4.79 Å². The molecule has 0 amide bonds. The van der Waals surface area contributed by atoms with E-state index in [1.165, 1.54) is 6.20 Å². The van der Waals surface area contributed by atoms with E-state index in [1.54, 1.807) is 6.92 Å². The average molecular weight is 253 g/mol. The number of carboxylic acids is 1. The molecule has 1 N–H and O–H groups in total. The van der Waals surface area contributed by atoms with Crippen LogP contribution in [0.2, 0.25) is 0 Å². The highest BCUT2D eigenvalue weighted by atomic mass is 32.2. The summed E-state index contributed by atoms with van der Waals surface area (Å²) in [6.07, 6.45) is 1.41. The molecule has 0 bridgehead atoms. The maximum atomic E-state index is 10.9. The second kappa shape index (κ2) is 5.01. The molecule has 1 aliphatic heterocycles. The van der Waals surface area contributed by atoms with Crippen LogP contribution in [-0.4, -0.2) is 51.0 Å². The first-order valence-corrected chi connectivity index (χ1v) is 6.60. The molecule has 1 unspecified atom stereocenters. The zero-order chi connectivity index (χ0) is 12.4. The van der Waals surface area contributed by atoms with Crippen LogP contribution in [0.15, 0.2) is 6.20 Å². The number of aryl methyl sites for hydroxylation is 1. The van der Waals surface area contributed by atoms with E-state index in [4.69, 9.17) is 5.11 Å². The van der Waals surface area contributed by atoms with Crippen molar-refractivity contribution < 1.29 is 9.90 Å². The van der Waals surface area contributed by atoms with Crippen LogP contribution in [0.4, 0.5) is 0 Å². The largest absolute Gasteiger partial charge is 0.478 e. The monoisotopic (exact) mass is 253 g/mol. The minimum absolute atomic E-state index is 0.180. The summed E-state index contributed by atoms with van der Waals surface area (Å²) in [5, 5.41) is 8.92. The Morgan fingerprint density at radius 3 is 3.00 bits per heavy atom. The first-order chi connectivity index (χ1) is 8.09. The summed E-state index contributed by atoms with van der Waals surface area (Å²) in [6, 6.07) is 0.190. The molecule has 1 saturated heterocycles. The molecule has 0 aliphatic carbocycles. The summed E-state index contributed by atoms with van der Waals surface area (Å²) >= 11 is 1.88. The number of carboxylic acid groups (broad SMARTS) is 1. The number of hydrogen-bond acceptors (Lipinski definition) is 5. The van der Waals surface area contributed by atoms with E-state index in [0.717, 1.165) is 23.9 Å². The number of aromatic nitrogens is 2. The molecule has 92 valence electrons. The number of rotatable bonds is 2. The van der Waals surface area contributed by atoms with Crippen LogP contribution >= 0.6 is 11.8 Å². The summed E-state index contributed by atoms with van der Waals surface area (Å²) in [5.41, 5.74) is 0.714. The Labute approximate surface area is 104 Å². The highest BCUT2D eigenvalue weighted by molar-refractivity contribution is 7.99. The van der Waals surface area contributed by atoms with Gasteiger partial charge in [0.2, 0.25) is 0 Å². The Bertz CT molecular complexity index is 439. The Morgan fingerprint density at radius 2 is 2.41 bits per heavy atom. The van der Waals surface area contributed by atoms with Gasteiger partial charge in [-0.3, -0.25) is 4.90 Å². The summed E-state index contributed by atoms with van der Waals surface area (Å²) in [6.45, 7) is 2.73. The highest BCUT2D eigenvalue weighted by Crippen LogP contribution is 2.26. The van der Waals surface area contributed by atoms with Crippen LogP contribution in [0.25, 0.3) is 0 Å².